The molecule has 148 valence electrons. The fraction of sp³-hybridized carbons (Fsp3) is 0.200. The average molecular weight is 386 g/mol. The van der Waals surface area contributed by atoms with Gasteiger partial charge < -0.3 is 10.6 Å². The summed E-state index contributed by atoms with van der Waals surface area (Å²) in [6.45, 7) is 7.86. The van der Waals surface area contributed by atoms with Crippen molar-refractivity contribution in [1.29, 1.82) is 0 Å². The maximum atomic E-state index is 12.9. The third kappa shape index (κ3) is 4.72. The molecule has 3 aromatic rings. The molecule has 0 bridgehead atoms. The zero-order valence-electron chi connectivity index (χ0n) is 17.2. The number of para-hydroxylation sites is 1. The molecule has 1 unspecified atom stereocenters. The largest absolute Gasteiger partial charge is 0.345 e. The lowest BCUT2D eigenvalue weighted by atomic mass is 10.00. The summed E-state index contributed by atoms with van der Waals surface area (Å²) in [7, 11) is 0. The fourth-order valence-corrected chi connectivity index (χ4v) is 3.28. The molecule has 0 heterocycles. The number of carbonyl (C=O) groups is 2. The highest BCUT2D eigenvalue weighted by molar-refractivity contribution is 6.09. The molecule has 3 rings (SSSR count). The third-order valence-corrected chi connectivity index (χ3v) is 5.15. The number of benzene rings is 3. The van der Waals surface area contributed by atoms with E-state index >= 15 is 0 Å². The highest BCUT2D eigenvalue weighted by Gasteiger charge is 2.17. The van der Waals surface area contributed by atoms with Crippen LogP contribution in [-0.4, -0.2) is 11.8 Å². The molecule has 0 radical (unpaired) electrons. The summed E-state index contributed by atoms with van der Waals surface area (Å²) in [6, 6.07) is 20.6. The van der Waals surface area contributed by atoms with Gasteiger partial charge in [0.2, 0.25) is 0 Å². The molecule has 2 N–H and O–H groups in total. The van der Waals surface area contributed by atoms with E-state index in [2.05, 4.69) is 10.6 Å². The lowest BCUT2D eigenvalue weighted by Crippen LogP contribution is -2.28. The predicted octanol–water partition coefficient (Wildman–Crippen LogP) is 5.36. The van der Waals surface area contributed by atoms with Crippen molar-refractivity contribution in [2.24, 2.45) is 0 Å². The lowest BCUT2D eigenvalue weighted by Gasteiger charge is -2.17. The summed E-state index contributed by atoms with van der Waals surface area (Å²) in [6.07, 6.45) is 0. The van der Waals surface area contributed by atoms with E-state index in [0.717, 1.165) is 22.3 Å². The van der Waals surface area contributed by atoms with E-state index in [0.29, 0.717) is 16.8 Å². The van der Waals surface area contributed by atoms with Crippen LogP contribution < -0.4 is 10.6 Å². The Balaban J connectivity index is 1.81. The van der Waals surface area contributed by atoms with Crippen molar-refractivity contribution in [3.8, 4) is 0 Å². The average Bonchev–Trinajstić information content (AvgIpc) is 2.71. The second-order valence-corrected chi connectivity index (χ2v) is 7.36. The summed E-state index contributed by atoms with van der Waals surface area (Å²) in [4.78, 5) is 25.7. The van der Waals surface area contributed by atoms with Gasteiger partial charge in [-0.3, -0.25) is 9.59 Å². The molecule has 0 saturated heterocycles. The van der Waals surface area contributed by atoms with E-state index in [1.165, 1.54) is 0 Å². The number of hydrogen-bond acceptors (Lipinski definition) is 2. The second-order valence-electron chi connectivity index (χ2n) is 7.36. The summed E-state index contributed by atoms with van der Waals surface area (Å²) >= 11 is 0. The molecule has 29 heavy (non-hydrogen) atoms. The van der Waals surface area contributed by atoms with E-state index in [9.17, 15) is 9.59 Å². The normalized spacial score (nSPS) is 11.6. The molecule has 4 nitrogen and oxygen atoms in total. The molecule has 0 spiro atoms. The minimum absolute atomic E-state index is 0.144. The molecule has 3 aromatic carbocycles. The van der Waals surface area contributed by atoms with Crippen LogP contribution in [0.1, 0.15) is 55.9 Å². The minimum atomic E-state index is -0.228. The van der Waals surface area contributed by atoms with Crippen LogP contribution in [0.2, 0.25) is 0 Å². The van der Waals surface area contributed by atoms with Crippen LogP contribution in [0.5, 0.6) is 0 Å². The molecule has 4 heteroatoms. The van der Waals surface area contributed by atoms with Crippen molar-refractivity contribution in [3.63, 3.8) is 0 Å². The number of hydrogen-bond donors (Lipinski definition) is 2. The Kier molecular flexibility index (Phi) is 6.13. The molecule has 0 aromatic heterocycles. The van der Waals surface area contributed by atoms with Gasteiger partial charge >= 0.3 is 0 Å². The van der Waals surface area contributed by atoms with Crippen LogP contribution in [-0.2, 0) is 0 Å². The summed E-state index contributed by atoms with van der Waals surface area (Å²) in [5, 5.41) is 5.91. The Morgan fingerprint density at radius 2 is 1.34 bits per heavy atom. The van der Waals surface area contributed by atoms with Gasteiger partial charge in [-0.2, -0.15) is 0 Å². The summed E-state index contributed by atoms with van der Waals surface area (Å²) in [5.74, 6) is -0.448. The first kappa shape index (κ1) is 20.3. The number of anilines is 1. The predicted molar refractivity (Wildman–Crippen MR) is 117 cm³/mol. The molecule has 0 aliphatic carbocycles. The fourth-order valence-electron chi connectivity index (χ4n) is 3.28. The Hall–Kier alpha value is -3.40. The first-order valence-corrected chi connectivity index (χ1v) is 9.71. The molecule has 1 atom stereocenters. The van der Waals surface area contributed by atoms with E-state index in [1.807, 2.05) is 70.2 Å². The van der Waals surface area contributed by atoms with E-state index < -0.39 is 0 Å². The molecule has 2 amide bonds. The standard InChI is InChI=1S/C25H26N2O2/c1-16-14-18(3)22(15-17(16)2)25(29)27-23-13-9-8-12-21(23)24(28)26-19(4)20-10-6-5-7-11-20/h5-15,19H,1-4H3,(H,26,28)(H,27,29). The molecule has 0 aliphatic rings. The minimum Gasteiger partial charge on any atom is -0.345 e. The molecule has 0 saturated carbocycles. The SMILES string of the molecule is Cc1cc(C)c(C(=O)Nc2ccccc2C(=O)NC(C)c2ccccc2)cc1C. The van der Waals surface area contributed by atoms with Crippen molar-refractivity contribution < 1.29 is 9.59 Å². The third-order valence-electron chi connectivity index (χ3n) is 5.15. The van der Waals surface area contributed by atoms with Gasteiger partial charge in [0.15, 0.2) is 0 Å². The zero-order valence-corrected chi connectivity index (χ0v) is 17.2. The maximum Gasteiger partial charge on any atom is 0.255 e. The smallest absolute Gasteiger partial charge is 0.255 e. The number of nitrogens with one attached hydrogen (secondary N) is 2. The van der Waals surface area contributed by atoms with Gasteiger partial charge in [-0.15, -0.1) is 0 Å². The molecule has 0 aliphatic heterocycles. The van der Waals surface area contributed by atoms with Crippen molar-refractivity contribution in [2.75, 3.05) is 5.32 Å². The van der Waals surface area contributed by atoms with Gasteiger partial charge in [0, 0.05) is 5.56 Å². The van der Waals surface area contributed by atoms with Crippen LogP contribution in [0.4, 0.5) is 5.69 Å². The Bertz CT molecular complexity index is 1040. The quantitative estimate of drug-likeness (QED) is 0.620. The zero-order chi connectivity index (χ0) is 21.0. The van der Waals surface area contributed by atoms with Gasteiger partial charge in [-0.25, -0.2) is 0 Å². The van der Waals surface area contributed by atoms with Crippen LogP contribution in [0.15, 0.2) is 66.7 Å². The van der Waals surface area contributed by atoms with Gasteiger partial charge in [-0.1, -0.05) is 48.5 Å². The van der Waals surface area contributed by atoms with Gasteiger partial charge in [-0.05, 0) is 68.1 Å². The summed E-state index contributed by atoms with van der Waals surface area (Å²) < 4.78 is 0. The molecular formula is C25H26N2O2. The topological polar surface area (TPSA) is 58.2 Å². The monoisotopic (exact) mass is 386 g/mol. The number of amides is 2. The number of rotatable bonds is 5. The van der Waals surface area contributed by atoms with Gasteiger partial charge in [0.05, 0.1) is 17.3 Å². The van der Waals surface area contributed by atoms with Crippen LogP contribution in [0.3, 0.4) is 0 Å². The molecular weight excluding hydrogens is 360 g/mol. The van der Waals surface area contributed by atoms with E-state index in [-0.39, 0.29) is 17.9 Å². The van der Waals surface area contributed by atoms with Gasteiger partial charge in [0.25, 0.3) is 11.8 Å². The summed E-state index contributed by atoms with van der Waals surface area (Å²) in [5.41, 5.74) is 5.68. The van der Waals surface area contributed by atoms with Crippen LogP contribution in [0, 0.1) is 20.8 Å². The first-order valence-electron chi connectivity index (χ1n) is 9.71. The van der Waals surface area contributed by atoms with Crippen molar-refractivity contribution in [1.82, 2.24) is 5.32 Å². The Morgan fingerprint density at radius 1 is 0.724 bits per heavy atom. The molecule has 0 fully saturated rings. The van der Waals surface area contributed by atoms with Crippen LogP contribution >= 0.6 is 0 Å². The Labute approximate surface area is 172 Å². The van der Waals surface area contributed by atoms with Crippen molar-refractivity contribution in [2.45, 2.75) is 33.7 Å². The van der Waals surface area contributed by atoms with E-state index in [1.54, 1.807) is 24.3 Å². The number of carbonyl (C=O) groups excluding carboxylic acids is 2. The van der Waals surface area contributed by atoms with Crippen LogP contribution in [0.25, 0.3) is 0 Å². The number of aryl methyl sites for hydroxylation is 3. The highest BCUT2D eigenvalue weighted by atomic mass is 16.2. The highest BCUT2D eigenvalue weighted by Crippen LogP contribution is 2.21. The maximum absolute atomic E-state index is 12.9. The van der Waals surface area contributed by atoms with Crippen molar-refractivity contribution in [3.05, 3.63) is 100 Å². The lowest BCUT2D eigenvalue weighted by molar-refractivity contribution is 0.0941. The Morgan fingerprint density at radius 3 is 2.07 bits per heavy atom. The second kappa shape index (κ2) is 8.74. The van der Waals surface area contributed by atoms with Crippen molar-refractivity contribution >= 4 is 17.5 Å². The van der Waals surface area contributed by atoms with E-state index in [4.69, 9.17) is 0 Å². The van der Waals surface area contributed by atoms with Gasteiger partial charge in [0.1, 0.15) is 0 Å². The first-order chi connectivity index (χ1) is 13.9.